The number of halogens is 2. The standard InChI is InChI=1S/C23H23F2N5O2/c24-15-3-1-2-13(8-15)20-18(21(26)31)17-11-29(4-5-30(17)28-20)22(32)27-23-9-12-6-14(10-23)19(23)16(25)7-12/h1-3,8,12,14H,4-7,9-11H2,(H2,26,31)(H,27,32). The van der Waals surface area contributed by atoms with Crippen LogP contribution in [0.5, 0.6) is 0 Å². The van der Waals surface area contributed by atoms with Crippen LogP contribution < -0.4 is 11.1 Å². The third-order valence-corrected chi connectivity index (χ3v) is 7.49. The molecule has 2 saturated carbocycles. The summed E-state index contributed by atoms with van der Waals surface area (Å²) in [6.45, 7) is 0.927. The van der Waals surface area contributed by atoms with Crippen LogP contribution in [-0.2, 0) is 13.1 Å². The second kappa shape index (κ2) is 6.63. The molecular formula is C23H23F2N5O2. The highest BCUT2D eigenvalue weighted by atomic mass is 19.1. The molecular weight excluding hydrogens is 416 g/mol. The van der Waals surface area contributed by atoms with Gasteiger partial charge in [0, 0.05) is 18.5 Å². The number of carbonyl (C=O) groups excluding carboxylic acids is 2. The topological polar surface area (TPSA) is 93.2 Å². The van der Waals surface area contributed by atoms with Gasteiger partial charge in [0.15, 0.2) is 0 Å². The molecule has 2 fully saturated rings. The lowest BCUT2D eigenvalue weighted by Crippen LogP contribution is -2.67. The number of amides is 3. The fraction of sp³-hybridized carbons (Fsp3) is 0.435. The summed E-state index contributed by atoms with van der Waals surface area (Å²) in [5.41, 5.74) is 7.39. The lowest BCUT2D eigenvalue weighted by atomic mass is 9.49. The van der Waals surface area contributed by atoms with Crippen molar-refractivity contribution >= 4 is 11.9 Å². The van der Waals surface area contributed by atoms with Crippen LogP contribution in [0.1, 0.15) is 41.7 Å². The molecule has 0 spiro atoms. The lowest BCUT2D eigenvalue weighted by Gasteiger charge is -2.61. The molecule has 7 rings (SSSR count). The molecule has 0 radical (unpaired) electrons. The molecule has 4 aliphatic carbocycles. The Balaban J connectivity index is 1.28. The number of hydrogen-bond donors (Lipinski definition) is 2. The number of nitrogens with one attached hydrogen (secondary N) is 1. The average Bonchev–Trinajstić information content (AvgIpc) is 3.11. The van der Waals surface area contributed by atoms with E-state index in [0.717, 1.165) is 24.8 Å². The van der Waals surface area contributed by atoms with Crippen molar-refractivity contribution in [2.45, 2.75) is 44.3 Å². The molecule has 2 aromatic rings. The summed E-state index contributed by atoms with van der Waals surface area (Å²) in [6.07, 6.45) is 3.10. The van der Waals surface area contributed by atoms with Crippen LogP contribution in [0.4, 0.5) is 13.6 Å². The third kappa shape index (κ3) is 2.73. The van der Waals surface area contributed by atoms with Crippen LogP contribution in [0.3, 0.4) is 0 Å². The summed E-state index contributed by atoms with van der Waals surface area (Å²) in [5.74, 6) is -0.599. The van der Waals surface area contributed by atoms with Crippen LogP contribution in [0.15, 0.2) is 35.7 Å². The van der Waals surface area contributed by atoms with E-state index in [1.54, 1.807) is 21.7 Å². The van der Waals surface area contributed by atoms with E-state index in [-0.39, 0.29) is 29.9 Å². The van der Waals surface area contributed by atoms with Gasteiger partial charge in [0.1, 0.15) is 17.3 Å². The van der Waals surface area contributed by atoms with E-state index in [9.17, 15) is 18.4 Å². The van der Waals surface area contributed by atoms with Crippen molar-refractivity contribution in [2.75, 3.05) is 6.54 Å². The summed E-state index contributed by atoms with van der Waals surface area (Å²) in [4.78, 5) is 27.1. The van der Waals surface area contributed by atoms with Crippen molar-refractivity contribution in [2.24, 2.45) is 17.6 Å². The van der Waals surface area contributed by atoms with Gasteiger partial charge in [-0.3, -0.25) is 9.48 Å². The van der Waals surface area contributed by atoms with Gasteiger partial charge in [0.2, 0.25) is 0 Å². The molecule has 9 heteroatoms. The Bertz CT molecular complexity index is 1200. The molecule has 1 aliphatic heterocycles. The quantitative estimate of drug-likeness (QED) is 0.770. The zero-order chi connectivity index (χ0) is 22.2. The molecule has 2 heterocycles. The van der Waals surface area contributed by atoms with Crippen molar-refractivity contribution in [1.29, 1.82) is 0 Å². The first-order valence-corrected chi connectivity index (χ1v) is 11.0. The van der Waals surface area contributed by atoms with E-state index in [2.05, 4.69) is 10.4 Å². The first kappa shape index (κ1) is 19.5. The summed E-state index contributed by atoms with van der Waals surface area (Å²) < 4.78 is 29.9. The number of hydrogen-bond acceptors (Lipinski definition) is 3. The van der Waals surface area contributed by atoms with Crippen LogP contribution in [-0.4, -0.2) is 38.7 Å². The molecule has 3 atom stereocenters. The Morgan fingerprint density at radius 2 is 2.06 bits per heavy atom. The summed E-state index contributed by atoms with van der Waals surface area (Å²) >= 11 is 0. The Morgan fingerprint density at radius 3 is 2.78 bits per heavy atom. The maximum absolute atomic E-state index is 14.5. The number of aromatic nitrogens is 2. The number of nitrogens with two attached hydrogens (primary N) is 1. The number of carbonyl (C=O) groups is 2. The van der Waals surface area contributed by atoms with Crippen LogP contribution in [0, 0.1) is 17.7 Å². The second-order valence-corrected chi connectivity index (χ2v) is 9.43. The molecule has 5 aliphatic rings. The maximum atomic E-state index is 14.5. The Kier molecular flexibility index (Phi) is 4.03. The van der Waals surface area contributed by atoms with E-state index >= 15 is 0 Å². The fourth-order valence-corrected chi connectivity index (χ4v) is 6.31. The smallest absolute Gasteiger partial charge is 0.318 e. The van der Waals surface area contributed by atoms with Crippen LogP contribution in [0.2, 0.25) is 0 Å². The molecule has 0 saturated heterocycles. The van der Waals surface area contributed by atoms with Gasteiger partial charge in [0.05, 0.1) is 29.9 Å². The van der Waals surface area contributed by atoms with E-state index in [4.69, 9.17) is 5.73 Å². The van der Waals surface area contributed by atoms with Crippen molar-refractivity contribution in [3.8, 4) is 11.3 Å². The minimum Gasteiger partial charge on any atom is -0.365 e. The molecule has 3 N–H and O–H groups in total. The van der Waals surface area contributed by atoms with Gasteiger partial charge in [0.25, 0.3) is 5.91 Å². The third-order valence-electron chi connectivity index (χ3n) is 7.49. The van der Waals surface area contributed by atoms with Crippen molar-refractivity contribution < 1.29 is 18.4 Å². The van der Waals surface area contributed by atoms with Gasteiger partial charge >= 0.3 is 6.03 Å². The van der Waals surface area contributed by atoms with E-state index < -0.39 is 17.3 Å². The first-order valence-electron chi connectivity index (χ1n) is 11.0. The number of benzene rings is 1. The van der Waals surface area contributed by atoms with Crippen molar-refractivity contribution in [3.63, 3.8) is 0 Å². The van der Waals surface area contributed by atoms with E-state index in [1.807, 2.05) is 0 Å². The van der Waals surface area contributed by atoms with Gasteiger partial charge < -0.3 is 16.0 Å². The number of allylic oxidation sites excluding steroid dienone is 1. The van der Waals surface area contributed by atoms with Crippen LogP contribution >= 0.6 is 0 Å². The molecule has 3 amide bonds. The van der Waals surface area contributed by atoms with Gasteiger partial charge in [-0.2, -0.15) is 5.10 Å². The summed E-state index contributed by atoms with van der Waals surface area (Å²) in [6, 6.07) is 5.56. The highest BCUT2D eigenvalue weighted by Crippen LogP contribution is 2.62. The van der Waals surface area contributed by atoms with Crippen molar-refractivity contribution in [1.82, 2.24) is 20.0 Å². The van der Waals surface area contributed by atoms with E-state index in [1.165, 1.54) is 12.1 Å². The minimum absolute atomic E-state index is 0.0449. The van der Waals surface area contributed by atoms with Gasteiger partial charge in [-0.1, -0.05) is 12.1 Å². The second-order valence-electron chi connectivity index (χ2n) is 9.43. The maximum Gasteiger partial charge on any atom is 0.318 e. The zero-order valence-electron chi connectivity index (χ0n) is 17.4. The Labute approximate surface area is 183 Å². The van der Waals surface area contributed by atoms with Crippen molar-refractivity contribution in [3.05, 3.63) is 52.7 Å². The predicted molar refractivity (Wildman–Crippen MR) is 111 cm³/mol. The SMILES string of the molecule is NC(=O)c1c(-c2cccc(F)c2)nn2c1CN(C(=O)NC13CC4CC(F)=C1C(C4)C3)CC2. The lowest BCUT2D eigenvalue weighted by molar-refractivity contribution is 0.0524. The molecule has 166 valence electrons. The zero-order valence-corrected chi connectivity index (χ0v) is 17.4. The average molecular weight is 439 g/mol. The van der Waals surface area contributed by atoms with Crippen LogP contribution in [0.25, 0.3) is 11.3 Å². The van der Waals surface area contributed by atoms with Gasteiger partial charge in [-0.05, 0) is 48.8 Å². The number of primary amides is 1. The number of nitrogens with zero attached hydrogens (tertiary/aromatic N) is 3. The molecule has 1 aromatic heterocycles. The molecule has 7 nitrogen and oxygen atoms in total. The molecule has 1 aromatic carbocycles. The molecule has 4 bridgehead atoms. The van der Waals surface area contributed by atoms with Gasteiger partial charge in [-0.15, -0.1) is 0 Å². The summed E-state index contributed by atoms with van der Waals surface area (Å²) in [5, 5.41) is 7.60. The fourth-order valence-electron chi connectivity index (χ4n) is 6.31. The van der Waals surface area contributed by atoms with E-state index in [0.29, 0.717) is 42.4 Å². The first-order chi connectivity index (χ1) is 15.3. The highest BCUT2D eigenvalue weighted by Gasteiger charge is 2.60. The monoisotopic (exact) mass is 439 g/mol. The number of rotatable bonds is 3. The largest absolute Gasteiger partial charge is 0.365 e. The normalized spacial score (nSPS) is 27.8. The Morgan fingerprint density at radius 1 is 1.22 bits per heavy atom. The number of urea groups is 1. The molecule has 32 heavy (non-hydrogen) atoms. The number of fused-ring (bicyclic) bond motifs is 2. The predicted octanol–water partition coefficient (Wildman–Crippen LogP) is 3.11. The summed E-state index contributed by atoms with van der Waals surface area (Å²) in [7, 11) is 0. The Hall–Kier alpha value is -3.23. The highest BCUT2D eigenvalue weighted by molar-refractivity contribution is 6.00. The minimum atomic E-state index is -0.676. The molecule has 3 unspecified atom stereocenters. The van der Waals surface area contributed by atoms with Gasteiger partial charge in [-0.25, -0.2) is 13.6 Å².